The molecule has 0 radical (unpaired) electrons. The van der Waals surface area contributed by atoms with Crippen molar-refractivity contribution in [3.05, 3.63) is 11.7 Å². The smallest absolute Gasteiger partial charge is 0.310 e. The summed E-state index contributed by atoms with van der Waals surface area (Å²) in [7, 11) is 0. The Morgan fingerprint density at radius 1 is 1.39 bits per heavy atom. The second-order valence-corrected chi connectivity index (χ2v) is 5.72. The van der Waals surface area contributed by atoms with Crippen LogP contribution in [0.3, 0.4) is 0 Å². The SMILES string of the molecule is O=C(O)C1(Cc2nc(CC3CC3)no2)CCCC1. The fraction of sp³-hybridized carbons (Fsp3) is 0.769. The highest BCUT2D eigenvalue weighted by atomic mass is 16.5. The maximum absolute atomic E-state index is 11.4. The van der Waals surface area contributed by atoms with Crippen LogP contribution < -0.4 is 0 Å². The first-order chi connectivity index (χ1) is 8.68. The van der Waals surface area contributed by atoms with Crippen molar-refractivity contribution in [3.63, 3.8) is 0 Å². The highest BCUT2D eigenvalue weighted by Crippen LogP contribution is 2.41. The van der Waals surface area contributed by atoms with Gasteiger partial charge in [-0.3, -0.25) is 4.79 Å². The van der Waals surface area contributed by atoms with E-state index in [-0.39, 0.29) is 0 Å². The van der Waals surface area contributed by atoms with E-state index in [1.54, 1.807) is 0 Å². The number of aliphatic carboxylic acids is 1. The molecule has 0 bridgehead atoms. The van der Waals surface area contributed by atoms with Crippen molar-refractivity contribution in [1.29, 1.82) is 0 Å². The topological polar surface area (TPSA) is 76.2 Å². The van der Waals surface area contributed by atoms with Crippen molar-refractivity contribution in [2.45, 2.75) is 51.4 Å². The Kier molecular flexibility index (Phi) is 2.84. The van der Waals surface area contributed by atoms with Gasteiger partial charge >= 0.3 is 5.97 Å². The van der Waals surface area contributed by atoms with E-state index in [1.807, 2.05) is 0 Å². The maximum atomic E-state index is 11.4. The summed E-state index contributed by atoms with van der Waals surface area (Å²) in [5.74, 6) is 1.23. The second kappa shape index (κ2) is 4.37. The molecule has 5 nitrogen and oxygen atoms in total. The first-order valence-corrected chi connectivity index (χ1v) is 6.73. The van der Waals surface area contributed by atoms with Crippen molar-refractivity contribution in [2.75, 3.05) is 0 Å². The number of carbonyl (C=O) groups is 1. The van der Waals surface area contributed by atoms with E-state index in [0.29, 0.717) is 12.3 Å². The minimum Gasteiger partial charge on any atom is -0.481 e. The highest BCUT2D eigenvalue weighted by Gasteiger charge is 2.42. The van der Waals surface area contributed by atoms with Gasteiger partial charge in [0.05, 0.1) is 5.41 Å². The van der Waals surface area contributed by atoms with Crippen LogP contribution in [0.25, 0.3) is 0 Å². The Balaban J connectivity index is 1.70. The van der Waals surface area contributed by atoms with Crippen LogP contribution in [0.5, 0.6) is 0 Å². The monoisotopic (exact) mass is 250 g/mol. The predicted molar refractivity (Wildman–Crippen MR) is 63.0 cm³/mol. The van der Waals surface area contributed by atoms with E-state index in [4.69, 9.17) is 4.52 Å². The molecule has 1 N–H and O–H groups in total. The van der Waals surface area contributed by atoms with E-state index in [2.05, 4.69) is 10.1 Å². The maximum Gasteiger partial charge on any atom is 0.310 e. The van der Waals surface area contributed by atoms with Gasteiger partial charge in [-0.05, 0) is 31.6 Å². The molecule has 0 aliphatic heterocycles. The zero-order valence-corrected chi connectivity index (χ0v) is 10.4. The van der Waals surface area contributed by atoms with Gasteiger partial charge in [0.1, 0.15) is 0 Å². The van der Waals surface area contributed by atoms with Crippen LogP contribution in [-0.2, 0) is 17.6 Å². The molecule has 2 aliphatic rings. The van der Waals surface area contributed by atoms with Crippen LogP contribution in [0.1, 0.15) is 50.2 Å². The molecule has 0 unspecified atom stereocenters. The Bertz CT molecular complexity index is 445. The average molecular weight is 250 g/mol. The van der Waals surface area contributed by atoms with Gasteiger partial charge in [0.15, 0.2) is 5.82 Å². The molecule has 3 rings (SSSR count). The molecule has 2 aliphatic carbocycles. The minimum atomic E-state index is -0.720. The summed E-state index contributed by atoms with van der Waals surface area (Å²) in [5.41, 5.74) is -0.663. The van der Waals surface area contributed by atoms with E-state index in [0.717, 1.165) is 43.8 Å². The molecule has 0 saturated heterocycles. The lowest BCUT2D eigenvalue weighted by Crippen LogP contribution is -2.30. The highest BCUT2D eigenvalue weighted by molar-refractivity contribution is 5.75. The van der Waals surface area contributed by atoms with Crippen molar-refractivity contribution in [3.8, 4) is 0 Å². The van der Waals surface area contributed by atoms with Crippen molar-refractivity contribution in [2.24, 2.45) is 11.3 Å². The molecule has 5 heteroatoms. The van der Waals surface area contributed by atoms with E-state index in [1.165, 1.54) is 12.8 Å². The second-order valence-electron chi connectivity index (χ2n) is 5.72. The van der Waals surface area contributed by atoms with Crippen LogP contribution in [-0.4, -0.2) is 21.2 Å². The van der Waals surface area contributed by atoms with Crippen LogP contribution in [0, 0.1) is 11.3 Å². The molecule has 2 saturated carbocycles. The third-order valence-corrected chi connectivity index (χ3v) is 4.18. The Morgan fingerprint density at radius 2 is 2.11 bits per heavy atom. The molecule has 0 atom stereocenters. The zero-order chi connectivity index (χ0) is 12.6. The number of nitrogens with zero attached hydrogens (tertiary/aromatic N) is 2. The lowest BCUT2D eigenvalue weighted by Gasteiger charge is -2.21. The van der Waals surface area contributed by atoms with Gasteiger partial charge in [0.2, 0.25) is 5.89 Å². The third-order valence-electron chi connectivity index (χ3n) is 4.18. The predicted octanol–water partition coefficient (Wildman–Crippen LogP) is 2.21. The van der Waals surface area contributed by atoms with Gasteiger partial charge < -0.3 is 9.63 Å². The van der Waals surface area contributed by atoms with E-state index in [9.17, 15) is 9.90 Å². The summed E-state index contributed by atoms with van der Waals surface area (Å²) in [4.78, 5) is 15.8. The fourth-order valence-electron chi connectivity index (χ4n) is 2.83. The van der Waals surface area contributed by atoms with Crippen LogP contribution in [0.15, 0.2) is 4.52 Å². The van der Waals surface area contributed by atoms with Gasteiger partial charge in [-0.15, -0.1) is 0 Å². The average Bonchev–Trinajstić information content (AvgIpc) is 2.85. The molecule has 2 fully saturated rings. The molecule has 0 spiro atoms. The first-order valence-electron chi connectivity index (χ1n) is 6.73. The molecule has 1 heterocycles. The van der Waals surface area contributed by atoms with Gasteiger partial charge in [-0.25, -0.2) is 0 Å². The Morgan fingerprint density at radius 3 is 2.72 bits per heavy atom. The Labute approximate surface area is 106 Å². The first kappa shape index (κ1) is 11.7. The van der Waals surface area contributed by atoms with Crippen LogP contribution >= 0.6 is 0 Å². The lowest BCUT2D eigenvalue weighted by atomic mass is 9.83. The lowest BCUT2D eigenvalue weighted by molar-refractivity contribution is -0.148. The largest absolute Gasteiger partial charge is 0.481 e. The molecular formula is C13H18N2O3. The summed E-state index contributed by atoms with van der Waals surface area (Å²) in [6.07, 6.45) is 7.19. The normalized spacial score (nSPS) is 22.2. The number of aromatic nitrogens is 2. The standard InChI is InChI=1S/C13H18N2O3/c16-12(17)13(5-1-2-6-13)8-11-14-10(15-18-11)7-9-3-4-9/h9H,1-8H2,(H,16,17). The van der Waals surface area contributed by atoms with E-state index < -0.39 is 11.4 Å². The van der Waals surface area contributed by atoms with Gasteiger partial charge in [0, 0.05) is 12.8 Å². The van der Waals surface area contributed by atoms with Crippen LogP contribution in [0.4, 0.5) is 0 Å². The summed E-state index contributed by atoms with van der Waals surface area (Å²) in [6.45, 7) is 0. The molecule has 1 aromatic heterocycles. The molecule has 1 aromatic rings. The molecular weight excluding hydrogens is 232 g/mol. The fourth-order valence-corrected chi connectivity index (χ4v) is 2.83. The summed E-state index contributed by atoms with van der Waals surface area (Å²) in [5, 5.41) is 13.3. The number of rotatable bonds is 5. The van der Waals surface area contributed by atoms with Crippen LogP contribution in [0.2, 0.25) is 0 Å². The molecule has 18 heavy (non-hydrogen) atoms. The van der Waals surface area contributed by atoms with Crippen molar-refractivity contribution >= 4 is 5.97 Å². The summed E-state index contributed by atoms with van der Waals surface area (Å²) >= 11 is 0. The molecule has 98 valence electrons. The van der Waals surface area contributed by atoms with Crippen molar-refractivity contribution in [1.82, 2.24) is 10.1 Å². The number of hydrogen-bond acceptors (Lipinski definition) is 4. The van der Waals surface area contributed by atoms with Gasteiger partial charge in [-0.1, -0.05) is 18.0 Å². The van der Waals surface area contributed by atoms with Gasteiger partial charge in [0.25, 0.3) is 0 Å². The number of carboxylic acid groups (broad SMARTS) is 1. The van der Waals surface area contributed by atoms with Crippen molar-refractivity contribution < 1.29 is 14.4 Å². The molecule has 0 amide bonds. The third kappa shape index (κ3) is 2.26. The minimum absolute atomic E-state index is 0.389. The number of hydrogen-bond donors (Lipinski definition) is 1. The van der Waals surface area contributed by atoms with E-state index >= 15 is 0 Å². The summed E-state index contributed by atoms with van der Waals surface area (Å²) < 4.78 is 5.21. The zero-order valence-electron chi connectivity index (χ0n) is 10.4. The quantitative estimate of drug-likeness (QED) is 0.867. The number of carboxylic acids is 1. The molecule has 0 aromatic carbocycles. The van der Waals surface area contributed by atoms with Gasteiger partial charge in [-0.2, -0.15) is 4.98 Å². The Hall–Kier alpha value is -1.39. The summed E-state index contributed by atoms with van der Waals surface area (Å²) in [6, 6.07) is 0.